The van der Waals surface area contributed by atoms with Crippen LogP contribution in [0.3, 0.4) is 0 Å². The van der Waals surface area contributed by atoms with Crippen molar-refractivity contribution < 1.29 is 9.72 Å². The summed E-state index contributed by atoms with van der Waals surface area (Å²) in [5, 5.41) is 14.1. The number of pyridine rings is 1. The van der Waals surface area contributed by atoms with Gasteiger partial charge >= 0.3 is 5.70 Å². The molecule has 0 amide bonds. The third kappa shape index (κ3) is 2.32. The molecule has 0 spiro atoms. The molecule has 6 heteroatoms. The van der Waals surface area contributed by atoms with Crippen LogP contribution in [0.2, 0.25) is 0 Å². The molecule has 0 saturated heterocycles. The summed E-state index contributed by atoms with van der Waals surface area (Å²) in [6.07, 6.45) is 2.87. The SMILES string of the molecule is O=CC(=CNc1cccc2cccnc12)[N+](=O)[O-]. The minimum absolute atomic E-state index is 0.186. The Balaban J connectivity index is 2.38. The third-order valence-corrected chi connectivity index (χ3v) is 2.34. The number of anilines is 1. The first-order chi connectivity index (χ1) is 8.72. The molecule has 0 atom stereocenters. The van der Waals surface area contributed by atoms with Crippen LogP contribution in [-0.2, 0) is 4.79 Å². The number of benzene rings is 1. The Labute approximate surface area is 102 Å². The lowest BCUT2D eigenvalue weighted by Gasteiger charge is -2.04. The van der Waals surface area contributed by atoms with E-state index in [0.717, 1.165) is 11.6 Å². The molecule has 0 aliphatic rings. The van der Waals surface area contributed by atoms with Crippen molar-refractivity contribution in [2.75, 3.05) is 5.32 Å². The van der Waals surface area contributed by atoms with Crippen molar-refractivity contribution in [3.8, 4) is 0 Å². The fourth-order valence-electron chi connectivity index (χ4n) is 1.50. The van der Waals surface area contributed by atoms with E-state index in [1.54, 1.807) is 24.4 Å². The van der Waals surface area contributed by atoms with Crippen LogP contribution in [0.1, 0.15) is 0 Å². The normalized spacial score (nSPS) is 11.2. The number of allylic oxidation sites excluding steroid dienone is 1. The van der Waals surface area contributed by atoms with Crippen molar-refractivity contribution in [1.82, 2.24) is 4.98 Å². The monoisotopic (exact) mass is 243 g/mol. The Morgan fingerprint density at radius 2 is 2.11 bits per heavy atom. The maximum atomic E-state index is 10.5. The number of hydrogen-bond acceptors (Lipinski definition) is 5. The number of nitrogens with one attached hydrogen (secondary N) is 1. The number of aldehydes is 1. The summed E-state index contributed by atoms with van der Waals surface area (Å²) in [6.45, 7) is 0. The lowest BCUT2D eigenvalue weighted by Crippen LogP contribution is -2.03. The molecule has 0 radical (unpaired) electrons. The number of aromatic nitrogens is 1. The van der Waals surface area contributed by atoms with Gasteiger partial charge in [-0.15, -0.1) is 0 Å². The first kappa shape index (κ1) is 11.7. The molecule has 1 N–H and O–H groups in total. The molecule has 90 valence electrons. The van der Waals surface area contributed by atoms with Crippen molar-refractivity contribution in [2.45, 2.75) is 0 Å². The predicted molar refractivity (Wildman–Crippen MR) is 66.5 cm³/mol. The summed E-state index contributed by atoms with van der Waals surface area (Å²) in [7, 11) is 0. The molecular formula is C12H9N3O3. The zero-order chi connectivity index (χ0) is 13.0. The summed E-state index contributed by atoms with van der Waals surface area (Å²) >= 11 is 0. The van der Waals surface area contributed by atoms with Gasteiger partial charge in [-0.05, 0) is 12.1 Å². The Morgan fingerprint density at radius 1 is 1.33 bits per heavy atom. The van der Waals surface area contributed by atoms with Crippen LogP contribution in [0.15, 0.2) is 48.4 Å². The van der Waals surface area contributed by atoms with E-state index in [0.29, 0.717) is 11.2 Å². The van der Waals surface area contributed by atoms with Gasteiger partial charge in [0.25, 0.3) is 0 Å². The Bertz CT molecular complexity index is 632. The van der Waals surface area contributed by atoms with Gasteiger partial charge in [-0.25, -0.2) is 0 Å². The quantitative estimate of drug-likeness (QED) is 0.384. The van der Waals surface area contributed by atoms with Crippen molar-refractivity contribution in [1.29, 1.82) is 0 Å². The largest absolute Gasteiger partial charge is 0.354 e. The van der Waals surface area contributed by atoms with E-state index in [1.807, 2.05) is 12.1 Å². The molecule has 1 aromatic carbocycles. The van der Waals surface area contributed by atoms with Gasteiger partial charge in [-0.1, -0.05) is 18.2 Å². The molecule has 0 fully saturated rings. The minimum Gasteiger partial charge on any atom is -0.354 e. The topological polar surface area (TPSA) is 85.1 Å². The first-order valence-corrected chi connectivity index (χ1v) is 5.12. The van der Waals surface area contributed by atoms with Gasteiger partial charge in [-0.3, -0.25) is 19.9 Å². The second-order valence-electron chi connectivity index (χ2n) is 3.47. The van der Waals surface area contributed by atoms with E-state index < -0.39 is 10.6 Å². The number of nitro groups is 1. The molecule has 0 bridgehead atoms. The van der Waals surface area contributed by atoms with Crippen molar-refractivity contribution in [3.05, 3.63) is 58.5 Å². The van der Waals surface area contributed by atoms with Gasteiger partial charge in [0.2, 0.25) is 6.29 Å². The highest BCUT2D eigenvalue weighted by molar-refractivity contribution is 5.90. The minimum atomic E-state index is -0.751. The molecule has 0 saturated carbocycles. The number of hydrogen-bond donors (Lipinski definition) is 1. The van der Waals surface area contributed by atoms with E-state index in [1.165, 1.54) is 0 Å². The van der Waals surface area contributed by atoms with E-state index in [9.17, 15) is 14.9 Å². The van der Waals surface area contributed by atoms with Gasteiger partial charge in [0, 0.05) is 11.6 Å². The fourth-order valence-corrected chi connectivity index (χ4v) is 1.50. The zero-order valence-corrected chi connectivity index (χ0v) is 9.24. The van der Waals surface area contributed by atoms with Crippen LogP contribution in [0.5, 0.6) is 0 Å². The van der Waals surface area contributed by atoms with Crippen LogP contribution in [0.25, 0.3) is 10.9 Å². The number of carbonyl (C=O) groups is 1. The summed E-state index contributed by atoms with van der Waals surface area (Å²) in [5.74, 6) is 0. The van der Waals surface area contributed by atoms with Gasteiger partial charge in [0.1, 0.15) is 0 Å². The molecule has 2 rings (SSSR count). The lowest BCUT2D eigenvalue weighted by atomic mass is 10.2. The van der Waals surface area contributed by atoms with E-state index in [-0.39, 0.29) is 6.29 Å². The molecule has 1 heterocycles. The highest BCUT2D eigenvalue weighted by atomic mass is 16.6. The highest BCUT2D eigenvalue weighted by Gasteiger charge is 2.08. The number of fused-ring (bicyclic) bond motifs is 1. The number of carbonyl (C=O) groups excluding carboxylic acids is 1. The smallest absolute Gasteiger partial charge is 0.324 e. The molecule has 0 aliphatic carbocycles. The summed E-state index contributed by atoms with van der Waals surface area (Å²) in [4.78, 5) is 24.4. The molecular weight excluding hydrogens is 234 g/mol. The average Bonchev–Trinajstić information content (AvgIpc) is 2.39. The van der Waals surface area contributed by atoms with E-state index >= 15 is 0 Å². The summed E-state index contributed by atoms with van der Waals surface area (Å²) in [5.41, 5.74) is 0.752. The summed E-state index contributed by atoms with van der Waals surface area (Å²) in [6, 6.07) is 9.09. The second kappa shape index (κ2) is 5.05. The third-order valence-electron chi connectivity index (χ3n) is 2.34. The highest BCUT2D eigenvalue weighted by Crippen LogP contribution is 2.20. The predicted octanol–water partition coefficient (Wildman–Crippen LogP) is 1.96. The lowest BCUT2D eigenvalue weighted by molar-refractivity contribution is -0.417. The molecule has 1 aromatic heterocycles. The van der Waals surface area contributed by atoms with Crippen LogP contribution < -0.4 is 5.32 Å². The van der Waals surface area contributed by atoms with Crippen molar-refractivity contribution in [2.24, 2.45) is 0 Å². The van der Waals surface area contributed by atoms with Gasteiger partial charge in [-0.2, -0.15) is 0 Å². The standard InChI is InChI=1S/C12H9N3O3/c16-8-10(15(17)18)7-14-11-5-1-3-9-4-2-6-13-12(9)11/h1-8,14H. The van der Waals surface area contributed by atoms with Crippen molar-refractivity contribution >= 4 is 22.9 Å². The van der Waals surface area contributed by atoms with Crippen LogP contribution in [-0.4, -0.2) is 16.2 Å². The zero-order valence-electron chi connectivity index (χ0n) is 9.24. The Kier molecular flexibility index (Phi) is 3.29. The van der Waals surface area contributed by atoms with Crippen LogP contribution >= 0.6 is 0 Å². The maximum Gasteiger partial charge on any atom is 0.324 e. The first-order valence-electron chi connectivity index (χ1n) is 5.12. The van der Waals surface area contributed by atoms with Crippen LogP contribution in [0, 0.1) is 10.1 Å². The second-order valence-corrected chi connectivity index (χ2v) is 3.47. The van der Waals surface area contributed by atoms with Gasteiger partial charge in [0.15, 0.2) is 0 Å². The fraction of sp³-hybridized carbons (Fsp3) is 0. The molecule has 6 nitrogen and oxygen atoms in total. The van der Waals surface area contributed by atoms with Gasteiger partial charge in [0.05, 0.1) is 22.3 Å². The van der Waals surface area contributed by atoms with Crippen LogP contribution in [0.4, 0.5) is 5.69 Å². The molecule has 2 aromatic rings. The summed E-state index contributed by atoms with van der Waals surface area (Å²) < 4.78 is 0. The van der Waals surface area contributed by atoms with E-state index in [4.69, 9.17) is 0 Å². The van der Waals surface area contributed by atoms with E-state index in [2.05, 4.69) is 10.3 Å². The van der Waals surface area contributed by atoms with Crippen molar-refractivity contribution in [3.63, 3.8) is 0 Å². The molecule has 18 heavy (non-hydrogen) atoms. The number of rotatable bonds is 4. The average molecular weight is 243 g/mol. The van der Waals surface area contributed by atoms with Gasteiger partial charge < -0.3 is 5.32 Å². The number of nitrogens with zero attached hydrogens (tertiary/aromatic N) is 2. The molecule has 0 unspecified atom stereocenters. The number of para-hydroxylation sites is 1. The Morgan fingerprint density at radius 3 is 2.83 bits per heavy atom. The molecule has 0 aliphatic heterocycles. The maximum absolute atomic E-state index is 10.5. The Hall–Kier alpha value is -2.76.